The number of nitrogens with zero attached hydrogens (tertiary/aromatic N) is 1. The van der Waals surface area contributed by atoms with E-state index in [0.29, 0.717) is 13.2 Å². The molecule has 1 aliphatic rings. The number of amides is 1. The number of carbonyl (C=O) groups is 2. The Hall–Kier alpha value is -1.36. The van der Waals surface area contributed by atoms with Gasteiger partial charge in [0.15, 0.2) is 0 Å². The zero-order valence-electron chi connectivity index (χ0n) is 11.0. The van der Waals surface area contributed by atoms with Crippen LogP contribution in [0.25, 0.3) is 0 Å². The van der Waals surface area contributed by atoms with Gasteiger partial charge in [0.05, 0.1) is 12.5 Å². The van der Waals surface area contributed by atoms with Crippen molar-refractivity contribution < 1.29 is 14.3 Å². The van der Waals surface area contributed by atoms with E-state index in [1.165, 1.54) is 0 Å². The number of esters is 1. The third-order valence-corrected chi connectivity index (χ3v) is 4.09. The molecule has 1 aliphatic heterocycles. The van der Waals surface area contributed by atoms with Gasteiger partial charge in [-0.1, -0.05) is 15.9 Å². The zero-order valence-corrected chi connectivity index (χ0v) is 12.6. The molecular formula is C14H16BrNO3. The van der Waals surface area contributed by atoms with Gasteiger partial charge in [-0.25, -0.2) is 0 Å². The summed E-state index contributed by atoms with van der Waals surface area (Å²) in [6.45, 7) is 4.49. The molecular weight excluding hydrogens is 310 g/mol. The molecule has 1 aromatic rings. The number of rotatable bonds is 3. The van der Waals surface area contributed by atoms with E-state index < -0.39 is 0 Å². The summed E-state index contributed by atoms with van der Waals surface area (Å²) in [5, 5.41) is 0. The van der Waals surface area contributed by atoms with Crippen molar-refractivity contribution in [3.05, 3.63) is 28.2 Å². The zero-order chi connectivity index (χ0) is 14.0. The topological polar surface area (TPSA) is 46.6 Å². The number of halogens is 1. The van der Waals surface area contributed by atoms with Crippen molar-refractivity contribution in [3.8, 4) is 0 Å². The van der Waals surface area contributed by atoms with Crippen molar-refractivity contribution in [1.82, 2.24) is 0 Å². The van der Waals surface area contributed by atoms with Crippen LogP contribution in [0.5, 0.6) is 0 Å². The van der Waals surface area contributed by atoms with Gasteiger partial charge in [0, 0.05) is 23.1 Å². The van der Waals surface area contributed by atoms with Crippen molar-refractivity contribution in [3.63, 3.8) is 0 Å². The van der Waals surface area contributed by atoms with E-state index in [0.717, 1.165) is 15.7 Å². The molecule has 1 amide bonds. The Balaban J connectivity index is 2.15. The molecule has 2 rings (SSSR count). The molecule has 0 spiro atoms. The molecule has 102 valence electrons. The Bertz CT molecular complexity index is 515. The fraction of sp³-hybridized carbons (Fsp3) is 0.429. The van der Waals surface area contributed by atoms with Gasteiger partial charge in [-0.2, -0.15) is 0 Å². The number of benzene rings is 1. The first kappa shape index (κ1) is 14.1. The number of ether oxygens (including phenoxy) is 1. The van der Waals surface area contributed by atoms with Crippen molar-refractivity contribution >= 4 is 33.5 Å². The number of hydrogen-bond donors (Lipinski definition) is 0. The van der Waals surface area contributed by atoms with Gasteiger partial charge in [-0.3, -0.25) is 9.59 Å². The van der Waals surface area contributed by atoms with Gasteiger partial charge in [0.1, 0.15) is 0 Å². The molecule has 1 fully saturated rings. The summed E-state index contributed by atoms with van der Waals surface area (Å²) >= 11 is 3.43. The Labute approximate surface area is 120 Å². The van der Waals surface area contributed by atoms with Crippen LogP contribution >= 0.6 is 15.9 Å². The van der Waals surface area contributed by atoms with Crippen molar-refractivity contribution in [1.29, 1.82) is 0 Å². The first-order chi connectivity index (χ1) is 9.02. The second-order valence-corrected chi connectivity index (χ2v) is 5.45. The highest BCUT2D eigenvalue weighted by Gasteiger charge is 2.36. The average molecular weight is 326 g/mol. The molecule has 0 bridgehead atoms. The molecule has 1 saturated heterocycles. The Kier molecular flexibility index (Phi) is 4.24. The molecule has 1 aromatic carbocycles. The summed E-state index contributed by atoms with van der Waals surface area (Å²) in [5.74, 6) is -0.664. The minimum Gasteiger partial charge on any atom is -0.466 e. The van der Waals surface area contributed by atoms with Crippen LogP contribution in [-0.4, -0.2) is 25.0 Å². The fourth-order valence-electron chi connectivity index (χ4n) is 2.17. The van der Waals surface area contributed by atoms with E-state index in [4.69, 9.17) is 4.74 Å². The lowest BCUT2D eigenvalue weighted by atomic mass is 10.1. The van der Waals surface area contributed by atoms with E-state index in [-0.39, 0.29) is 24.2 Å². The molecule has 1 atom stereocenters. The van der Waals surface area contributed by atoms with Crippen LogP contribution in [0, 0.1) is 12.8 Å². The third kappa shape index (κ3) is 2.97. The third-order valence-electron chi connectivity index (χ3n) is 3.20. The van der Waals surface area contributed by atoms with E-state index in [1.807, 2.05) is 25.1 Å². The van der Waals surface area contributed by atoms with Gasteiger partial charge >= 0.3 is 5.97 Å². The normalized spacial score (nSPS) is 18.8. The Morgan fingerprint density at radius 2 is 2.26 bits per heavy atom. The summed E-state index contributed by atoms with van der Waals surface area (Å²) in [6.07, 6.45) is 0.230. The molecule has 0 aliphatic carbocycles. The molecule has 19 heavy (non-hydrogen) atoms. The van der Waals surface area contributed by atoms with Gasteiger partial charge in [0.2, 0.25) is 5.91 Å². The number of carbonyl (C=O) groups excluding carboxylic acids is 2. The van der Waals surface area contributed by atoms with Crippen LogP contribution in [0.2, 0.25) is 0 Å². The predicted molar refractivity (Wildman–Crippen MR) is 76.0 cm³/mol. The van der Waals surface area contributed by atoms with Crippen LogP contribution in [0.15, 0.2) is 22.7 Å². The maximum absolute atomic E-state index is 12.0. The van der Waals surface area contributed by atoms with Gasteiger partial charge < -0.3 is 9.64 Å². The summed E-state index contributed by atoms with van der Waals surface area (Å²) in [7, 11) is 0. The van der Waals surface area contributed by atoms with E-state index in [2.05, 4.69) is 15.9 Å². The molecule has 4 nitrogen and oxygen atoms in total. The van der Waals surface area contributed by atoms with Crippen LogP contribution in [0.4, 0.5) is 5.69 Å². The number of aryl methyl sites for hydroxylation is 1. The first-order valence-corrected chi connectivity index (χ1v) is 7.05. The molecule has 1 heterocycles. The summed E-state index contributed by atoms with van der Waals surface area (Å²) in [4.78, 5) is 25.3. The number of hydrogen-bond acceptors (Lipinski definition) is 3. The lowest BCUT2D eigenvalue weighted by Crippen LogP contribution is -2.26. The smallest absolute Gasteiger partial charge is 0.311 e. The summed E-state index contributed by atoms with van der Waals surface area (Å²) in [6, 6.07) is 5.73. The second kappa shape index (κ2) is 5.74. The van der Waals surface area contributed by atoms with E-state index in [9.17, 15) is 9.59 Å². The molecule has 0 aromatic heterocycles. The van der Waals surface area contributed by atoms with Gasteiger partial charge in [-0.05, 0) is 37.6 Å². The second-order valence-electron chi connectivity index (χ2n) is 4.59. The Morgan fingerprint density at radius 1 is 1.53 bits per heavy atom. The average Bonchev–Trinajstić information content (AvgIpc) is 2.75. The standard InChI is InChI=1S/C14H16BrNO3/c1-3-19-14(18)10-7-13(17)16(8-10)11-4-5-12(15)9(2)6-11/h4-6,10H,3,7-8H2,1-2H3/t10-/m1/s1. The highest BCUT2D eigenvalue weighted by Crippen LogP contribution is 2.28. The highest BCUT2D eigenvalue weighted by atomic mass is 79.9. The van der Waals surface area contributed by atoms with Crippen LogP contribution in [-0.2, 0) is 14.3 Å². The minimum atomic E-state index is -0.351. The lowest BCUT2D eigenvalue weighted by molar-refractivity contribution is -0.147. The number of anilines is 1. The SMILES string of the molecule is CCOC(=O)[C@@H]1CC(=O)N(c2ccc(Br)c(C)c2)C1. The first-order valence-electron chi connectivity index (χ1n) is 6.26. The summed E-state index contributed by atoms with van der Waals surface area (Å²) in [5.41, 5.74) is 1.89. The highest BCUT2D eigenvalue weighted by molar-refractivity contribution is 9.10. The monoisotopic (exact) mass is 325 g/mol. The van der Waals surface area contributed by atoms with Crippen molar-refractivity contribution in [2.24, 2.45) is 5.92 Å². The van der Waals surface area contributed by atoms with E-state index >= 15 is 0 Å². The van der Waals surface area contributed by atoms with Crippen LogP contribution < -0.4 is 4.90 Å². The minimum absolute atomic E-state index is 0.0280. The van der Waals surface area contributed by atoms with Crippen molar-refractivity contribution in [2.45, 2.75) is 20.3 Å². The maximum Gasteiger partial charge on any atom is 0.311 e. The summed E-state index contributed by atoms with van der Waals surface area (Å²) < 4.78 is 5.98. The van der Waals surface area contributed by atoms with Gasteiger partial charge in [0.25, 0.3) is 0 Å². The largest absolute Gasteiger partial charge is 0.466 e. The van der Waals surface area contributed by atoms with E-state index in [1.54, 1.807) is 11.8 Å². The lowest BCUT2D eigenvalue weighted by Gasteiger charge is -2.17. The van der Waals surface area contributed by atoms with Gasteiger partial charge in [-0.15, -0.1) is 0 Å². The maximum atomic E-state index is 12.0. The molecule has 0 N–H and O–H groups in total. The fourth-order valence-corrected chi connectivity index (χ4v) is 2.42. The Morgan fingerprint density at radius 3 is 2.89 bits per heavy atom. The predicted octanol–water partition coefficient (Wildman–Crippen LogP) is 2.67. The molecule has 0 unspecified atom stereocenters. The van der Waals surface area contributed by atoms with Crippen LogP contribution in [0.1, 0.15) is 18.9 Å². The van der Waals surface area contributed by atoms with Crippen molar-refractivity contribution in [2.75, 3.05) is 18.1 Å². The van der Waals surface area contributed by atoms with Crippen LogP contribution in [0.3, 0.4) is 0 Å². The molecule has 5 heteroatoms. The molecule has 0 radical (unpaired) electrons. The molecule has 0 saturated carbocycles. The quantitative estimate of drug-likeness (QED) is 0.803.